The van der Waals surface area contributed by atoms with Gasteiger partial charge in [0.2, 0.25) is 0 Å². The van der Waals surface area contributed by atoms with E-state index in [0.29, 0.717) is 27.5 Å². The highest BCUT2D eigenvalue weighted by atomic mass is 79.9. The number of allylic oxidation sites excluding steroid dienone is 2. The summed E-state index contributed by atoms with van der Waals surface area (Å²) in [5, 5.41) is 29.7. The van der Waals surface area contributed by atoms with Crippen molar-refractivity contribution in [3.63, 3.8) is 0 Å². The van der Waals surface area contributed by atoms with Gasteiger partial charge in [-0.2, -0.15) is 15.8 Å². The van der Waals surface area contributed by atoms with Gasteiger partial charge >= 0.3 is 0 Å². The molecule has 0 amide bonds. The van der Waals surface area contributed by atoms with Crippen molar-refractivity contribution in [1.82, 2.24) is 0 Å². The molecule has 0 aliphatic heterocycles. The zero-order chi connectivity index (χ0) is 15.1. The van der Waals surface area contributed by atoms with E-state index in [1.54, 1.807) is 30.3 Å². The second-order valence-corrected chi connectivity index (χ2v) is 4.70. The zero-order valence-electron chi connectivity index (χ0n) is 10.4. The number of nitrogens with one attached hydrogen (secondary N) is 1. The normalized spacial score (nSPS) is 8.80. The van der Waals surface area contributed by atoms with E-state index in [-0.39, 0.29) is 11.3 Å². The monoisotopic (exact) mass is 350 g/mol. The van der Waals surface area contributed by atoms with E-state index in [4.69, 9.17) is 32.1 Å². The average Bonchev–Trinajstić information content (AvgIpc) is 2.42. The molecular weight excluding hydrogens is 344 g/mol. The van der Waals surface area contributed by atoms with Crippen LogP contribution >= 0.6 is 27.5 Å². The van der Waals surface area contributed by atoms with Crippen LogP contribution in [-0.4, -0.2) is 6.61 Å². The van der Waals surface area contributed by atoms with Crippen LogP contribution in [0.4, 0.5) is 5.69 Å². The first-order valence-electron chi connectivity index (χ1n) is 5.40. The maximum atomic E-state index is 9.02. The predicted molar refractivity (Wildman–Crippen MR) is 77.8 cm³/mol. The Labute approximate surface area is 129 Å². The topological polar surface area (TPSA) is 92.6 Å². The van der Waals surface area contributed by atoms with Gasteiger partial charge in [0.25, 0.3) is 0 Å². The maximum Gasteiger partial charge on any atom is 0.163 e. The third-order valence-corrected chi connectivity index (χ3v) is 2.95. The summed E-state index contributed by atoms with van der Waals surface area (Å²) in [6.07, 6.45) is 0. The first kappa shape index (κ1) is 15.9. The molecule has 0 fully saturated rings. The van der Waals surface area contributed by atoms with Gasteiger partial charge in [0.15, 0.2) is 11.3 Å². The van der Waals surface area contributed by atoms with E-state index in [2.05, 4.69) is 21.2 Å². The largest absolute Gasteiger partial charge is 0.491 e. The Hall–Kier alpha value is -2.20. The van der Waals surface area contributed by atoms with Crippen molar-refractivity contribution < 1.29 is 4.74 Å². The number of nitrogens with zero attached hydrogens (tertiary/aromatic N) is 3. The highest BCUT2D eigenvalue weighted by molar-refractivity contribution is 9.10. The third-order valence-electron chi connectivity index (χ3n) is 2.14. The van der Waals surface area contributed by atoms with E-state index < -0.39 is 0 Å². The van der Waals surface area contributed by atoms with E-state index in [0.717, 1.165) is 0 Å². The van der Waals surface area contributed by atoms with Crippen molar-refractivity contribution in [2.75, 3.05) is 11.9 Å². The molecule has 0 spiro atoms. The molecule has 1 aromatic carbocycles. The van der Waals surface area contributed by atoms with E-state index in [1.165, 1.54) is 0 Å². The van der Waals surface area contributed by atoms with Gasteiger partial charge in [0, 0.05) is 5.02 Å². The van der Waals surface area contributed by atoms with Crippen molar-refractivity contribution in [1.29, 1.82) is 15.8 Å². The Morgan fingerprint density at radius 1 is 1.30 bits per heavy atom. The van der Waals surface area contributed by atoms with Gasteiger partial charge in [-0.25, -0.2) is 0 Å². The Bertz CT molecular complexity index is 663. The molecule has 0 heterocycles. The first-order chi connectivity index (χ1) is 9.57. The smallest absolute Gasteiger partial charge is 0.163 e. The molecule has 0 atom stereocenters. The molecular formula is C13H8BrClN4O. The molecule has 0 bridgehead atoms. The number of hydrogen-bond donors (Lipinski definition) is 1. The zero-order valence-corrected chi connectivity index (χ0v) is 12.7. The van der Waals surface area contributed by atoms with Crippen molar-refractivity contribution in [3.8, 4) is 24.0 Å². The lowest BCUT2D eigenvalue weighted by molar-refractivity contribution is 0.340. The van der Waals surface area contributed by atoms with Crippen molar-refractivity contribution in [3.05, 3.63) is 32.9 Å². The summed E-state index contributed by atoms with van der Waals surface area (Å²) >= 11 is 9.25. The molecule has 7 heteroatoms. The van der Waals surface area contributed by atoms with Crippen LogP contribution in [0.1, 0.15) is 6.92 Å². The number of rotatable bonds is 4. The standard InChI is InChI=1S/C13H8BrClN4O/c1-2-20-13-10(14)3-9(15)4-11(13)19-12(7-18)8(5-16)6-17/h3-4,19H,2H2,1H3. The Morgan fingerprint density at radius 2 is 1.95 bits per heavy atom. The Balaban J connectivity index is 3.35. The van der Waals surface area contributed by atoms with E-state index >= 15 is 0 Å². The molecule has 0 aliphatic carbocycles. The van der Waals surface area contributed by atoms with Crippen molar-refractivity contribution in [2.24, 2.45) is 0 Å². The second kappa shape index (κ2) is 7.40. The molecule has 0 aliphatic rings. The number of benzene rings is 1. The Kier molecular flexibility index (Phi) is 5.87. The number of hydrogen-bond acceptors (Lipinski definition) is 5. The fourth-order valence-corrected chi connectivity index (χ4v) is 2.29. The van der Waals surface area contributed by atoms with Crippen LogP contribution < -0.4 is 10.1 Å². The summed E-state index contributed by atoms with van der Waals surface area (Å²) in [7, 11) is 0. The summed E-state index contributed by atoms with van der Waals surface area (Å²) in [5.74, 6) is 0.444. The third kappa shape index (κ3) is 3.65. The van der Waals surface area contributed by atoms with Crippen LogP contribution in [0.2, 0.25) is 5.02 Å². The van der Waals surface area contributed by atoms with E-state index in [9.17, 15) is 0 Å². The molecule has 20 heavy (non-hydrogen) atoms. The van der Waals surface area contributed by atoms with Crippen LogP contribution in [0.25, 0.3) is 0 Å². The number of nitriles is 3. The molecule has 0 unspecified atom stereocenters. The summed E-state index contributed by atoms with van der Waals surface area (Å²) < 4.78 is 6.05. The first-order valence-corrected chi connectivity index (χ1v) is 6.57. The molecule has 1 N–H and O–H groups in total. The minimum absolute atomic E-state index is 0.162. The lowest BCUT2D eigenvalue weighted by Crippen LogP contribution is -2.04. The van der Waals surface area contributed by atoms with Gasteiger partial charge in [-0.1, -0.05) is 11.6 Å². The van der Waals surface area contributed by atoms with E-state index in [1.807, 2.05) is 6.92 Å². The number of ether oxygens (including phenoxy) is 1. The summed E-state index contributed by atoms with van der Waals surface area (Å²) in [5.41, 5.74) is -0.0815. The van der Waals surface area contributed by atoms with Crippen molar-refractivity contribution >= 4 is 33.2 Å². The summed E-state index contributed by atoms with van der Waals surface area (Å²) in [4.78, 5) is 0. The fourth-order valence-electron chi connectivity index (χ4n) is 1.36. The molecule has 0 saturated carbocycles. The van der Waals surface area contributed by atoms with Crippen LogP contribution in [0.5, 0.6) is 5.75 Å². The van der Waals surface area contributed by atoms with Crippen LogP contribution in [0.3, 0.4) is 0 Å². The van der Waals surface area contributed by atoms with Crippen LogP contribution in [-0.2, 0) is 0 Å². The Morgan fingerprint density at radius 3 is 2.45 bits per heavy atom. The molecule has 1 aromatic rings. The quantitative estimate of drug-likeness (QED) is 0.834. The van der Waals surface area contributed by atoms with Gasteiger partial charge in [-0.15, -0.1) is 0 Å². The van der Waals surface area contributed by atoms with Gasteiger partial charge in [0.05, 0.1) is 16.8 Å². The highest BCUT2D eigenvalue weighted by Gasteiger charge is 2.13. The minimum Gasteiger partial charge on any atom is -0.491 e. The summed E-state index contributed by atoms with van der Waals surface area (Å²) in [6, 6.07) is 8.26. The van der Waals surface area contributed by atoms with Crippen molar-refractivity contribution in [2.45, 2.75) is 6.92 Å². The highest BCUT2D eigenvalue weighted by Crippen LogP contribution is 2.37. The predicted octanol–water partition coefficient (Wildman–Crippen LogP) is 3.74. The fraction of sp³-hybridized carbons (Fsp3) is 0.154. The van der Waals surface area contributed by atoms with Gasteiger partial charge in [-0.3, -0.25) is 0 Å². The number of halogens is 2. The molecule has 0 aromatic heterocycles. The average molecular weight is 352 g/mol. The lowest BCUT2D eigenvalue weighted by atomic mass is 10.2. The van der Waals surface area contributed by atoms with Gasteiger partial charge in [0.1, 0.15) is 23.9 Å². The molecule has 0 radical (unpaired) electrons. The maximum absolute atomic E-state index is 9.02. The van der Waals surface area contributed by atoms with Gasteiger partial charge < -0.3 is 10.1 Å². The number of anilines is 1. The summed E-state index contributed by atoms with van der Waals surface area (Å²) in [6.45, 7) is 2.21. The lowest BCUT2D eigenvalue weighted by Gasteiger charge is -2.14. The molecule has 0 saturated heterocycles. The molecule has 1 rings (SSSR count). The second-order valence-electron chi connectivity index (χ2n) is 3.41. The van der Waals surface area contributed by atoms with Crippen LogP contribution in [0, 0.1) is 34.0 Å². The SMILES string of the molecule is CCOc1c(Br)cc(Cl)cc1NC(C#N)=C(C#N)C#N. The van der Waals surface area contributed by atoms with Crippen LogP contribution in [0.15, 0.2) is 27.9 Å². The van der Waals surface area contributed by atoms with Gasteiger partial charge in [-0.05, 0) is 35.0 Å². The molecule has 100 valence electrons. The molecule has 5 nitrogen and oxygen atoms in total. The minimum atomic E-state index is -0.314.